The molecule has 0 heterocycles. The highest BCUT2D eigenvalue weighted by atomic mass is 16.2. The minimum Gasteiger partial charge on any atom is -0.399 e. The number of nitrogen functional groups attached to an aromatic ring is 1. The van der Waals surface area contributed by atoms with Gasteiger partial charge in [-0.05, 0) is 24.1 Å². The standard InChI is InChI=1S/C13H19N3O2/c1-3-11(13(18)15-2)16-12(17)8-9-4-6-10(14)7-5-9/h4-7,11H,3,8,14H2,1-2H3,(H,15,18)(H,16,17). The van der Waals surface area contributed by atoms with Crippen molar-refractivity contribution in [3.05, 3.63) is 29.8 Å². The van der Waals surface area contributed by atoms with Gasteiger partial charge in [-0.25, -0.2) is 0 Å². The summed E-state index contributed by atoms with van der Waals surface area (Å²) >= 11 is 0. The van der Waals surface area contributed by atoms with Crippen molar-refractivity contribution >= 4 is 17.5 Å². The molecule has 0 saturated heterocycles. The Morgan fingerprint density at radius 3 is 2.39 bits per heavy atom. The Labute approximate surface area is 107 Å². The van der Waals surface area contributed by atoms with E-state index in [0.717, 1.165) is 5.56 Å². The third-order valence-corrected chi connectivity index (χ3v) is 2.65. The molecule has 0 radical (unpaired) electrons. The predicted molar refractivity (Wildman–Crippen MR) is 70.8 cm³/mol. The van der Waals surface area contributed by atoms with Crippen LogP contribution in [0.1, 0.15) is 18.9 Å². The highest BCUT2D eigenvalue weighted by Crippen LogP contribution is 2.06. The molecular weight excluding hydrogens is 230 g/mol. The molecule has 18 heavy (non-hydrogen) atoms. The molecule has 98 valence electrons. The Hall–Kier alpha value is -2.04. The lowest BCUT2D eigenvalue weighted by atomic mass is 10.1. The van der Waals surface area contributed by atoms with Crippen LogP contribution in [0.25, 0.3) is 0 Å². The lowest BCUT2D eigenvalue weighted by molar-refractivity contribution is -0.128. The van der Waals surface area contributed by atoms with E-state index in [1.807, 2.05) is 6.92 Å². The Morgan fingerprint density at radius 1 is 1.28 bits per heavy atom. The number of benzene rings is 1. The van der Waals surface area contributed by atoms with Gasteiger partial charge in [-0.15, -0.1) is 0 Å². The van der Waals surface area contributed by atoms with E-state index in [1.54, 1.807) is 31.3 Å². The molecule has 0 aliphatic rings. The number of carbonyl (C=O) groups is 2. The number of hydrogen-bond donors (Lipinski definition) is 3. The van der Waals surface area contributed by atoms with Crippen molar-refractivity contribution in [2.24, 2.45) is 0 Å². The van der Waals surface area contributed by atoms with E-state index in [2.05, 4.69) is 10.6 Å². The van der Waals surface area contributed by atoms with Crippen LogP contribution in [0.5, 0.6) is 0 Å². The molecular formula is C13H19N3O2. The van der Waals surface area contributed by atoms with Crippen LogP contribution >= 0.6 is 0 Å². The van der Waals surface area contributed by atoms with Crippen molar-refractivity contribution in [2.75, 3.05) is 12.8 Å². The van der Waals surface area contributed by atoms with E-state index in [4.69, 9.17) is 5.73 Å². The summed E-state index contributed by atoms with van der Waals surface area (Å²) in [5, 5.41) is 5.22. The van der Waals surface area contributed by atoms with Gasteiger partial charge in [0, 0.05) is 12.7 Å². The molecule has 0 aliphatic heterocycles. The summed E-state index contributed by atoms with van der Waals surface area (Å²) in [6.07, 6.45) is 0.806. The number of rotatable bonds is 5. The van der Waals surface area contributed by atoms with Crippen LogP contribution in [0, 0.1) is 0 Å². The fraction of sp³-hybridized carbons (Fsp3) is 0.385. The molecule has 0 spiro atoms. The van der Waals surface area contributed by atoms with E-state index >= 15 is 0 Å². The van der Waals surface area contributed by atoms with Gasteiger partial charge in [0.2, 0.25) is 11.8 Å². The lowest BCUT2D eigenvalue weighted by Gasteiger charge is -2.15. The molecule has 1 atom stereocenters. The first kappa shape index (κ1) is 14.0. The molecule has 0 saturated carbocycles. The molecule has 0 aromatic heterocycles. The van der Waals surface area contributed by atoms with Crippen molar-refractivity contribution < 1.29 is 9.59 Å². The third-order valence-electron chi connectivity index (χ3n) is 2.65. The molecule has 1 unspecified atom stereocenters. The van der Waals surface area contributed by atoms with Crippen molar-refractivity contribution in [1.82, 2.24) is 10.6 Å². The van der Waals surface area contributed by atoms with E-state index in [0.29, 0.717) is 12.1 Å². The normalized spacial score (nSPS) is 11.7. The minimum absolute atomic E-state index is 0.171. The molecule has 5 nitrogen and oxygen atoms in total. The molecule has 1 aromatic rings. The van der Waals surface area contributed by atoms with Crippen LogP contribution in [0.15, 0.2) is 24.3 Å². The molecule has 0 aliphatic carbocycles. The second kappa shape index (κ2) is 6.64. The van der Waals surface area contributed by atoms with Crippen molar-refractivity contribution in [3.8, 4) is 0 Å². The number of anilines is 1. The number of carbonyl (C=O) groups excluding carboxylic acids is 2. The maximum absolute atomic E-state index is 11.8. The van der Waals surface area contributed by atoms with Crippen LogP contribution in [0.4, 0.5) is 5.69 Å². The van der Waals surface area contributed by atoms with Gasteiger partial charge in [-0.3, -0.25) is 9.59 Å². The Bertz CT molecular complexity index is 415. The average molecular weight is 249 g/mol. The van der Waals surface area contributed by atoms with Crippen LogP contribution < -0.4 is 16.4 Å². The third kappa shape index (κ3) is 4.08. The van der Waals surface area contributed by atoms with Gasteiger partial charge in [0.25, 0.3) is 0 Å². The lowest BCUT2D eigenvalue weighted by Crippen LogP contribution is -2.45. The fourth-order valence-electron chi connectivity index (χ4n) is 1.59. The number of amides is 2. The van der Waals surface area contributed by atoms with Crippen LogP contribution in [-0.4, -0.2) is 24.9 Å². The topological polar surface area (TPSA) is 84.2 Å². The molecule has 4 N–H and O–H groups in total. The zero-order valence-electron chi connectivity index (χ0n) is 10.7. The predicted octanol–water partition coefficient (Wildman–Crippen LogP) is 0.452. The van der Waals surface area contributed by atoms with E-state index < -0.39 is 6.04 Å². The summed E-state index contributed by atoms with van der Waals surface area (Å²) in [4.78, 5) is 23.2. The number of nitrogens with one attached hydrogen (secondary N) is 2. The summed E-state index contributed by atoms with van der Waals surface area (Å²) in [6, 6.07) is 6.62. The Balaban J connectivity index is 2.55. The van der Waals surface area contributed by atoms with Crippen LogP contribution in [-0.2, 0) is 16.0 Å². The van der Waals surface area contributed by atoms with Crippen molar-refractivity contribution in [3.63, 3.8) is 0 Å². The first-order valence-electron chi connectivity index (χ1n) is 5.92. The Morgan fingerprint density at radius 2 is 1.89 bits per heavy atom. The van der Waals surface area contributed by atoms with Crippen molar-refractivity contribution in [1.29, 1.82) is 0 Å². The monoisotopic (exact) mass is 249 g/mol. The SMILES string of the molecule is CCC(NC(=O)Cc1ccc(N)cc1)C(=O)NC. The van der Waals surface area contributed by atoms with E-state index in [9.17, 15) is 9.59 Å². The van der Waals surface area contributed by atoms with Gasteiger partial charge < -0.3 is 16.4 Å². The minimum atomic E-state index is -0.476. The average Bonchev–Trinajstić information content (AvgIpc) is 2.37. The van der Waals surface area contributed by atoms with Gasteiger partial charge in [-0.1, -0.05) is 19.1 Å². The van der Waals surface area contributed by atoms with Crippen LogP contribution in [0.2, 0.25) is 0 Å². The Kier molecular flexibility index (Phi) is 5.17. The largest absolute Gasteiger partial charge is 0.399 e. The zero-order chi connectivity index (χ0) is 13.5. The quantitative estimate of drug-likeness (QED) is 0.662. The second-order valence-electron chi connectivity index (χ2n) is 4.06. The van der Waals surface area contributed by atoms with Gasteiger partial charge in [0.05, 0.1) is 6.42 Å². The molecule has 5 heteroatoms. The summed E-state index contributed by atoms with van der Waals surface area (Å²) < 4.78 is 0. The highest BCUT2D eigenvalue weighted by molar-refractivity contribution is 5.88. The van der Waals surface area contributed by atoms with Gasteiger partial charge in [-0.2, -0.15) is 0 Å². The van der Waals surface area contributed by atoms with E-state index in [-0.39, 0.29) is 18.2 Å². The maximum Gasteiger partial charge on any atom is 0.242 e. The summed E-state index contributed by atoms with van der Waals surface area (Å²) in [5.41, 5.74) is 7.10. The van der Waals surface area contributed by atoms with Crippen LogP contribution in [0.3, 0.4) is 0 Å². The van der Waals surface area contributed by atoms with Gasteiger partial charge in [0.15, 0.2) is 0 Å². The molecule has 0 bridgehead atoms. The smallest absolute Gasteiger partial charge is 0.242 e. The molecule has 1 rings (SSSR count). The van der Waals surface area contributed by atoms with Gasteiger partial charge in [0.1, 0.15) is 6.04 Å². The number of hydrogen-bond acceptors (Lipinski definition) is 3. The van der Waals surface area contributed by atoms with Crippen molar-refractivity contribution in [2.45, 2.75) is 25.8 Å². The summed E-state index contributed by atoms with van der Waals surface area (Å²) in [6.45, 7) is 1.85. The highest BCUT2D eigenvalue weighted by Gasteiger charge is 2.17. The first-order valence-corrected chi connectivity index (χ1v) is 5.92. The zero-order valence-corrected chi connectivity index (χ0v) is 10.7. The first-order chi connectivity index (χ1) is 8.56. The molecule has 2 amide bonds. The van der Waals surface area contributed by atoms with Gasteiger partial charge >= 0.3 is 0 Å². The molecule has 1 aromatic carbocycles. The maximum atomic E-state index is 11.8. The molecule has 0 fully saturated rings. The second-order valence-corrected chi connectivity index (χ2v) is 4.06. The summed E-state index contributed by atoms with van der Waals surface area (Å²) in [7, 11) is 1.55. The summed E-state index contributed by atoms with van der Waals surface area (Å²) in [5.74, 6) is -0.349. The number of likely N-dealkylation sites (N-methyl/N-ethyl adjacent to an activating group) is 1. The van der Waals surface area contributed by atoms with E-state index in [1.165, 1.54) is 0 Å². The number of nitrogens with two attached hydrogens (primary N) is 1. The fourth-order valence-corrected chi connectivity index (χ4v) is 1.59.